The molecule has 0 amide bonds. The first-order chi connectivity index (χ1) is 9.24. The van der Waals surface area contributed by atoms with Crippen LogP contribution >= 0.6 is 0 Å². The summed E-state index contributed by atoms with van der Waals surface area (Å²) in [6, 6.07) is 0.954. The average Bonchev–Trinajstić information content (AvgIpc) is 2.45. The van der Waals surface area contributed by atoms with Crippen molar-refractivity contribution in [1.29, 1.82) is 0 Å². The number of rotatable bonds is 3. The number of hydrogen-bond acceptors (Lipinski definition) is 2. The van der Waals surface area contributed by atoms with Crippen LogP contribution < -0.4 is 21.5 Å². The Labute approximate surface area is 129 Å². The van der Waals surface area contributed by atoms with E-state index in [0.29, 0.717) is 21.5 Å². The van der Waals surface area contributed by atoms with Gasteiger partial charge in [-0.25, -0.2) is 0 Å². The zero-order chi connectivity index (χ0) is 13.3. The van der Waals surface area contributed by atoms with Crippen LogP contribution in [0.2, 0.25) is 0 Å². The van der Waals surface area contributed by atoms with Gasteiger partial charge >= 0.3 is 130 Å². The molecular formula is C16H30IN2-. The summed E-state index contributed by atoms with van der Waals surface area (Å²) in [5.74, 6) is 1.06. The van der Waals surface area contributed by atoms with Crippen molar-refractivity contribution < 1.29 is 21.5 Å². The van der Waals surface area contributed by atoms with Crippen LogP contribution in [0.1, 0.15) is 51.9 Å². The summed E-state index contributed by atoms with van der Waals surface area (Å²) in [5.41, 5.74) is 0.797. The first-order valence-corrected chi connectivity index (χ1v) is 11.4. The molecule has 2 nitrogen and oxygen atoms in total. The molecule has 0 N–H and O–H groups in total. The van der Waals surface area contributed by atoms with Crippen molar-refractivity contribution in [3.8, 4) is 0 Å². The molecule has 3 rings (SSSR count). The van der Waals surface area contributed by atoms with Crippen LogP contribution in [0.5, 0.6) is 0 Å². The molecule has 1 saturated heterocycles. The zero-order valence-corrected chi connectivity index (χ0v) is 14.9. The van der Waals surface area contributed by atoms with Gasteiger partial charge in [-0.1, -0.05) is 0 Å². The van der Waals surface area contributed by atoms with E-state index in [4.69, 9.17) is 0 Å². The SMILES string of the molecule is CCC1CCC2(CC1)CC(N1CCN([I-]C)CC1)C2. The predicted molar refractivity (Wildman–Crippen MR) is 76.8 cm³/mol. The van der Waals surface area contributed by atoms with Gasteiger partial charge in [0.25, 0.3) is 0 Å². The van der Waals surface area contributed by atoms with Crippen molar-refractivity contribution in [3.05, 3.63) is 0 Å². The van der Waals surface area contributed by atoms with Crippen LogP contribution in [0.15, 0.2) is 0 Å². The molecule has 0 radical (unpaired) electrons. The molecule has 3 aliphatic rings. The minimum atomic E-state index is 0.341. The van der Waals surface area contributed by atoms with Crippen LogP contribution in [0.4, 0.5) is 0 Å². The van der Waals surface area contributed by atoms with E-state index >= 15 is 0 Å². The Balaban J connectivity index is 1.43. The van der Waals surface area contributed by atoms with E-state index in [9.17, 15) is 0 Å². The molecule has 0 atom stereocenters. The molecule has 0 aromatic heterocycles. The van der Waals surface area contributed by atoms with E-state index in [-0.39, 0.29) is 0 Å². The number of alkyl halides is 1. The quantitative estimate of drug-likeness (QED) is 0.388. The maximum atomic E-state index is 2.81. The van der Waals surface area contributed by atoms with Gasteiger partial charge < -0.3 is 0 Å². The van der Waals surface area contributed by atoms with E-state index in [2.05, 4.69) is 19.9 Å². The molecule has 1 heterocycles. The van der Waals surface area contributed by atoms with Crippen molar-refractivity contribution in [2.24, 2.45) is 11.3 Å². The molecule has 112 valence electrons. The summed E-state index contributed by atoms with van der Waals surface area (Å²) < 4.78 is 2.70. The van der Waals surface area contributed by atoms with Crippen molar-refractivity contribution >= 4 is 0 Å². The van der Waals surface area contributed by atoms with Crippen molar-refractivity contribution in [2.75, 3.05) is 31.1 Å². The summed E-state index contributed by atoms with van der Waals surface area (Å²) in [5, 5.41) is 0. The molecular weight excluding hydrogens is 347 g/mol. The second-order valence-electron chi connectivity index (χ2n) is 7.03. The van der Waals surface area contributed by atoms with Gasteiger partial charge in [0, 0.05) is 0 Å². The fourth-order valence-corrected chi connectivity index (χ4v) is 5.93. The number of halogens is 1. The van der Waals surface area contributed by atoms with Crippen LogP contribution in [0, 0.1) is 11.3 Å². The third-order valence-corrected chi connectivity index (χ3v) is 8.42. The number of piperazine rings is 1. The predicted octanol–water partition coefficient (Wildman–Crippen LogP) is -0.0132. The second kappa shape index (κ2) is 6.18. The molecule has 1 spiro atoms. The third-order valence-electron chi connectivity index (χ3n) is 6.10. The molecule has 19 heavy (non-hydrogen) atoms. The van der Waals surface area contributed by atoms with Crippen LogP contribution in [0.25, 0.3) is 0 Å². The average molecular weight is 377 g/mol. The maximum absolute atomic E-state index is 2.81. The first kappa shape index (κ1) is 14.6. The monoisotopic (exact) mass is 377 g/mol. The van der Waals surface area contributed by atoms with E-state index in [1.807, 2.05) is 0 Å². The third kappa shape index (κ3) is 3.13. The molecule has 0 aromatic rings. The van der Waals surface area contributed by atoms with Gasteiger partial charge in [0.15, 0.2) is 0 Å². The summed E-state index contributed by atoms with van der Waals surface area (Å²) in [4.78, 5) is 5.21. The number of nitrogens with zero attached hydrogens (tertiary/aromatic N) is 2. The van der Waals surface area contributed by atoms with Crippen molar-refractivity contribution in [1.82, 2.24) is 8.01 Å². The van der Waals surface area contributed by atoms with Gasteiger partial charge in [0.2, 0.25) is 0 Å². The van der Waals surface area contributed by atoms with Gasteiger partial charge in [-0.15, -0.1) is 0 Å². The zero-order valence-electron chi connectivity index (χ0n) is 12.7. The molecule has 2 aliphatic carbocycles. The van der Waals surface area contributed by atoms with E-state index in [1.54, 1.807) is 12.8 Å². The van der Waals surface area contributed by atoms with Gasteiger partial charge in [0.1, 0.15) is 0 Å². The number of hydrogen-bond donors (Lipinski definition) is 0. The minimum absolute atomic E-state index is 0.341. The Morgan fingerprint density at radius 3 is 2.21 bits per heavy atom. The molecule has 0 bridgehead atoms. The topological polar surface area (TPSA) is 6.48 Å². The van der Waals surface area contributed by atoms with Gasteiger partial charge in [-0.05, 0) is 0 Å². The summed E-state index contributed by atoms with van der Waals surface area (Å²) >= 11 is 0.341. The van der Waals surface area contributed by atoms with E-state index in [1.165, 1.54) is 58.3 Å². The molecule has 0 unspecified atom stereocenters. The molecule has 0 aromatic carbocycles. The molecule has 1 aliphatic heterocycles. The van der Waals surface area contributed by atoms with Gasteiger partial charge in [-0.3, -0.25) is 0 Å². The van der Waals surface area contributed by atoms with Crippen molar-refractivity contribution in [2.45, 2.75) is 57.9 Å². The van der Waals surface area contributed by atoms with E-state index in [0.717, 1.165) is 17.4 Å². The first-order valence-electron chi connectivity index (χ1n) is 8.23. The Kier molecular flexibility index (Phi) is 4.75. The standard InChI is InChI=1S/C16H30IN2/c1-3-14-4-6-16(7-5-14)12-15(13-16)18-8-10-19(17-2)11-9-18/h14-15H,3-13H2,1-2H3/q-1. The second-order valence-corrected chi connectivity index (χ2v) is 9.36. The Morgan fingerprint density at radius 1 is 1.05 bits per heavy atom. The Bertz CT molecular complexity index is 283. The fraction of sp³-hybridized carbons (Fsp3) is 1.00. The Morgan fingerprint density at radius 2 is 1.68 bits per heavy atom. The fourth-order valence-electron chi connectivity index (χ4n) is 4.54. The molecule has 2 saturated carbocycles. The summed E-state index contributed by atoms with van der Waals surface area (Å²) in [7, 11) is 0. The van der Waals surface area contributed by atoms with Crippen molar-refractivity contribution in [3.63, 3.8) is 0 Å². The van der Waals surface area contributed by atoms with Gasteiger partial charge in [-0.2, -0.15) is 0 Å². The van der Waals surface area contributed by atoms with Crippen LogP contribution in [0.3, 0.4) is 0 Å². The molecule has 3 heteroatoms. The van der Waals surface area contributed by atoms with E-state index < -0.39 is 0 Å². The summed E-state index contributed by atoms with van der Waals surface area (Å²) in [6.45, 7) is 7.79. The van der Waals surface area contributed by atoms with Crippen LogP contribution in [-0.4, -0.2) is 45.2 Å². The van der Waals surface area contributed by atoms with Crippen LogP contribution in [-0.2, 0) is 0 Å². The van der Waals surface area contributed by atoms with Gasteiger partial charge in [0.05, 0.1) is 0 Å². The summed E-state index contributed by atoms with van der Waals surface area (Å²) in [6.07, 6.45) is 10.6. The normalized spacial score (nSPS) is 41.6. The Hall–Kier alpha value is 0.650. The molecule has 3 fully saturated rings.